The molecule has 0 fully saturated rings. The molecule has 0 amide bonds. The zero-order valence-electron chi connectivity index (χ0n) is 8.72. The van der Waals surface area contributed by atoms with Gasteiger partial charge in [0.2, 0.25) is 0 Å². The van der Waals surface area contributed by atoms with E-state index in [4.69, 9.17) is 0 Å². The number of thioether (sulfide) groups is 1. The highest BCUT2D eigenvalue weighted by atomic mass is 32.2. The molecule has 0 heterocycles. The van der Waals surface area contributed by atoms with Gasteiger partial charge in [-0.05, 0) is 31.2 Å². The van der Waals surface area contributed by atoms with Crippen molar-refractivity contribution in [3.63, 3.8) is 0 Å². The lowest BCUT2D eigenvalue weighted by molar-refractivity contribution is 0.506. The summed E-state index contributed by atoms with van der Waals surface area (Å²) in [6.45, 7) is 3.99. The first-order valence-electron chi connectivity index (χ1n) is 5.02. The summed E-state index contributed by atoms with van der Waals surface area (Å²) in [5, 5.41) is 3.24. The fourth-order valence-corrected chi connectivity index (χ4v) is 1.94. The van der Waals surface area contributed by atoms with Crippen molar-refractivity contribution >= 4 is 11.8 Å². The average molecular weight is 231 g/mol. The molecule has 0 unspecified atom stereocenters. The van der Waals surface area contributed by atoms with Crippen molar-refractivity contribution in [3.8, 4) is 0 Å². The number of hydrogen-bond acceptors (Lipinski definition) is 2. The van der Waals surface area contributed by atoms with Gasteiger partial charge in [-0.25, -0.2) is 8.78 Å². The van der Waals surface area contributed by atoms with Crippen molar-refractivity contribution in [1.29, 1.82) is 0 Å². The molecular weight excluding hydrogens is 216 g/mol. The van der Waals surface area contributed by atoms with Gasteiger partial charge < -0.3 is 5.32 Å². The Morgan fingerprint density at radius 3 is 2.67 bits per heavy atom. The van der Waals surface area contributed by atoms with Crippen LogP contribution in [0.1, 0.15) is 13.3 Å². The van der Waals surface area contributed by atoms with Crippen LogP contribution in [0.15, 0.2) is 23.1 Å². The smallest absolute Gasteiger partial charge is 0.159 e. The third kappa shape index (κ3) is 4.62. The largest absolute Gasteiger partial charge is 0.316 e. The molecule has 0 saturated heterocycles. The second-order valence-corrected chi connectivity index (χ2v) is 4.34. The molecule has 0 aliphatic heterocycles. The fourth-order valence-electron chi connectivity index (χ4n) is 1.11. The van der Waals surface area contributed by atoms with E-state index in [0.29, 0.717) is 0 Å². The fraction of sp³-hybridized carbons (Fsp3) is 0.455. The molecule has 0 radical (unpaired) electrons. The Labute approximate surface area is 93.3 Å². The first kappa shape index (κ1) is 12.5. The highest BCUT2D eigenvalue weighted by molar-refractivity contribution is 7.99. The van der Waals surface area contributed by atoms with E-state index in [0.717, 1.165) is 36.2 Å². The molecule has 1 nitrogen and oxygen atoms in total. The van der Waals surface area contributed by atoms with E-state index in [9.17, 15) is 8.78 Å². The Morgan fingerprint density at radius 2 is 2.00 bits per heavy atom. The number of benzene rings is 1. The Hall–Kier alpha value is -0.610. The summed E-state index contributed by atoms with van der Waals surface area (Å²) in [6, 6.07) is 4.00. The molecule has 1 N–H and O–H groups in total. The topological polar surface area (TPSA) is 12.0 Å². The summed E-state index contributed by atoms with van der Waals surface area (Å²) in [5.74, 6) is -0.699. The van der Waals surface area contributed by atoms with Crippen molar-refractivity contribution in [3.05, 3.63) is 29.8 Å². The van der Waals surface area contributed by atoms with E-state index in [1.165, 1.54) is 17.8 Å². The van der Waals surface area contributed by atoms with Gasteiger partial charge >= 0.3 is 0 Å². The lowest BCUT2D eigenvalue weighted by atomic mass is 10.3. The molecule has 1 aromatic carbocycles. The van der Waals surface area contributed by atoms with Crippen LogP contribution in [0, 0.1) is 11.6 Å². The van der Waals surface area contributed by atoms with Crippen LogP contribution >= 0.6 is 11.8 Å². The highest BCUT2D eigenvalue weighted by Gasteiger charge is 2.02. The van der Waals surface area contributed by atoms with Crippen LogP contribution in [0.25, 0.3) is 0 Å². The zero-order valence-corrected chi connectivity index (χ0v) is 9.54. The summed E-state index contributed by atoms with van der Waals surface area (Å²) < 4.78 is 25.4. The summed E-state index contributed by atoms with van der Waals surface area (Å²) in [5.41, 5.74) is 0. The molecule has 0 atom stereocenters. The Kier molecular flexibility index (Phi) is 5.65. The highest BCUT2D eigenvalue weighted by Crippen LogP contribution is 2.19. The van der Waals surface area contributed by atoms with E-state index in [-0.39, 0.29) is 0 Å². The van der Waals surface area contributed by atoms with Crippen LogP contribution in [-0.2, 0) is 0 Å². The molecule has 0 aliphatic rings. The van der Waals surface area contributed by atoms with Crippen LogP contribution in [0.2, 0.25) is 0 Å². The van der Waals surface area contributed by atoms with E-state index in [1.54, 1.807) is 6.07 Å². The zero-order chi connectivity index (χ0) is 11.1. The predicted octanol–water partition coefficient (Wildman–Crippen LogP) is 3.06. The molecular formula is C11H15F2NS. The molecule has 0 aromatic heterocycles. The monoisotopic (exact) mass is 231 g/mol. The third-order valence-electron chi connectivity index (χ3n) is 1.87. The summed E-state index contributed by atoms with van der Waals surface area (Å²) in [7, 11) is 0. The van der Waals surface area contributed by atoms with Gasteiger partial charge in [0.25, 0.3) is 0 Å². The SMILES string of the molecule is CCCNCCSc1ccc(F)c(F)c1. The number of nitrogens with one attached hydrogen (secondary N) is 1. The normalized spacial score (nSPS) is 10.6. The minimum absolute atomic E-state index is 0.771. The first-order chi connectivity index (χ1) is 7.24. The van der Waals surface area contributed by atoms with Gasteiger partial charge in [0.05, 0.1) is 0 Å². The number of rotatable bonds is 6. The average Bonchev–Trinajstić information content (AvgIpc) is 2.23. The van der Waals surface area contributed by atoms with Gasteiger partial charge in [0, 0.05) is 17.2 Å². The van der Waals surface area contributed by atoms with Gasteiger partial charge in [-0.3, -0.25) is 0 Å². The minimum atomic E-state index is -0.788. The van der Waals surface area contributed by atoms with Gasteiger partial charge in [-0.15, -0.1) is 11.8 Å². The van der Waals surface area contributed by atoms with E-state index in [2.05, 4.69) is 12.2 Å². The molecule has 0 spiro atoms. The quantitative estimate of drug-likeness (QED) is 0.596. The molecule has 15 heavy (non-hydrogen) atoms. The molecule has 0 aliphatic carbocycles. The van der Waals surface area contributed by atoms with Gasteiger partial charge in [0.1, 0.15) is 0 Å². The summed E-state index contributed by atoms with van der Waals surface area (Å²) >= 11 is 1.52. The van der Waals surface area contributed by atoms with Crippen LogP contribution in [0.5, 0.6) is 0 Å². The van der Waals surface area contributed by atoms with Crippen LogP contribution < -0.4 is 5.32 Å². The second kappa shape index (κ2) is 6.80. The minimum Gasteiger partial charge on any atom is -0.316 e. The lowest BCUT2D eigenvalue weighted by Gasteiger charge is -2.03. The van der Waals surface area contributed by atoms with Gasteiger partial charge in [0.15, 0.2) is 11.6 Å². The molecule has 0 bridgehead atoms. The van der Waals surface area contributed by atoms with E-state index < -0.39 is 11.6 Å². The van der Waals surface area contributed by atoms with E-state index >= 15 is 0 Å². The molecule has 1 aromatic rings. The Bertz CT molecular complexity index is 305. The van der Waals surface area contributed by atoms with Crippen molar-refractivity contribution in [1.82, 2.24) is 5.32 Å². The van der Waals surface area contributed by atoms with E-state index in [1.807, 2.05) is 0 Å². The Morgan fingerprint density at radius 1 is 1.20 bits per heavy atom. The maximum atomic E-state index is 12.8. The van der Waals surface area contributed by atoms with Crippen molar-refractivity contribution < 1.29 is 8.78 Å². The summed E-state index contributed by atoms with van der Waals surface area (Å²) in [6.07, 6.45) is 1.11. The third-order valence-corrected chi connectivity index (χ3v) is 2.86. The molecule has 84 valence electrons. The maximum Gasteiger partial charge on any atom is 0.159 e. The lowest BCUT2D eigenvalue weighted by Crippen LogP contribution is -2.17. The van der Waals surface area contributed by atoms with Gasteiger partial charge in [-0.1, -0.05) is 6.92 Å². The van der Waals surface area contributed by atoms with Crippen LogP contribution in [0.3, 0.4) is 0 Å². The Balaban J connectivity index is 2.28. The van der Waals surface area contributed by atoms with Crippen molar-refractivity contribution in [2.45, 2.75) is 18.2 Å². The summed E-state index contributed by atoms with van der Waals surface area (Å²) in [4.78, 5) is 0.771. The van der Waals surface area contributed by atoms with Crippen molar-refractivity contribution in [2.75, 3.05) is 18.8 Å². The second-order valence-electron chi connectivity index (χ2n) is 3.17. The standard InChI is InChI=1S/C11H15F2NS/c1-2-5-14-6-7-15-9-3-4-10(12)11(13)8-9/h3-4,8,14H,2,5-7H2,1H3. The number of hydrogen-bond donors (Lipinski definition) is 1. The molecule has 0 saturated carbocycles. The number of halogens is 2. The van der Waals surface area contributed by atoms with Crippen LogP contribution in [-0.4, -0.2) is 18.8 Å². The predicted molar refractivity (Wildman–Crippen MR) is 60.2 cm³/mol. The van der Waals surface area contributed by atoms with Gasteiger partial charge in [-0.2, -0.15) is 0 Å². The van der Waals surface area contributed by atoms with Crippen LogP contribution in [0.4, 0.5) is 8.78 Å². The first-order valence-corrected chi connectivity index (χ1v) is 6.01. The molecule has 1 rings (SSSR count). The maximum absolute atomic E-state index is 12.8. The molecule has 4 heteroatoms. The van der Waals surface area contributed by atoms with Crippen molar-refractivity contribution in [2.24, 2.45) is 0 Å².